The molecule has 0 saturated heterocycles. The van der Waals surface area contributed by atoms with Crippen LogP contribution in [-0.4, -0.2) is 18.2 Å². The first-order valence-corrected chi connectivity index (χ1v) is 8.56. The van der Waals surface area contributed by atoms with Gasteiger partial charge < -0.3 is 4.74 Å². The Bertz CT molecular complexity index is 579. The molecule has 1 N–H and O–H groups in total. The Morgan fingerprint density at radius 1 is 1.39 bits per heavy atom. The molecule has 1 saturated carbocycles. The van der Waals surface area contributed by atoms with E-state index in [1.54, 1.807) is 0 Å². The average Bonchev–Trinajstić information content (AvgIpc) is 2.52. The number of hydrazone groups is 1. The Labute approximate surface area is 139 Å². The van der Waals surface area contributed by atoms with Gasteiger partial charge >= 0.3 is 0 Å². The number of hydrogen-bond donors (Lipinski definition) is 1. The van der Waals surface area contributed by atoms with Crippen molar-refractivity contribution in [2.24, 2.45) is 11.0 Å². The molecule has 4 heteroatoms. The third-order valence-electron chi connectivity index (χ3n) is 4.36. The molecule has 0 bridgehead atoms. The first-order valence-electron chi connectivity index (χ1n) is 8.56. The molecule has 1 atom stereocenters. The Hall–Kier alpha value is -1.84. The summed E-state index contributed by atoms with van der Waals surface area (Å²) < 4.78 is 5.73. The highest BCUT2D eigenvalue weighted by atomic mass is 16.5. The molecule has 2 rings (SSSR count). The molecule has 0 spiro atoms. The second-order valence-electron chi connectivity index (χ2n) is 6.77. The van der Waals surface area contributed by atoms with Crippen molar-refractivity contribution in [2.75, 3.05) is 6.61 Å². The van der Waals surface area contributed by atoms with Gasteiger partial charge in [0.25, 0.3) is 5.91 Å². The number of amides is 1. The molecule has 4 nitrogen and oxygen atoms in total. The minimum atomic E-state index is -0.202. The highest BCUT2D eigenvalue weighted by Crippen LogP contribution is 2.27. The molecule has 0 radical (unpaired) electrons. The van der Waals surface area contributed by atoms with Gasteiger partial charge in [0.15, 0.2) is 6.61 Å². The summed E-state index contributed by atoms with van der Waals surface area (Å²) in [5.41, 5.74) is 5.99. The van der Waals surface area contributed by atoms with E-state index in [-0.39, 0.29) is 12.5 Å². The van der Waals surface area contributed by atoms with E-state index in [2.05, 4.69) is 43.4 Å². The van der Waals surface area contributed by atoms with Gasteiger partial charge in [0.1, 0.15) is 5.75 Å². The van der Waals surface area contributed by atoms with E-state index in [1.165, 1.54) is 6.42 Å². The van der Waals surface area contributed by atoms with Gasteiger partial charge in [-0.15, -0.1) is 0 Å². The Balaban J connectivity index is 1.92. The lowest BCUT2D eigenvalue weighted by atomic mass is 9.89. The molecule has 1 aliphatic rings. The molecule has 1 aromatic rings. The van der Waals surface area contributed by atoms with E-state index in [0.717, 1.165) is 41.9 Å². The van der Waals surface area contributed by atoms with Crippen molar-refractivity contribution < 1.29 is 9.53 Å². The summed E-state index contributed by atoms with van der Waals surface area (Å²) in [6.07, 6.45) is 4.56. The average molecular weight is 316 g/mol. The molecule has 0 heterocycles. The molecule has 1 aliphatic carbocycles. The van der Waals surface area contributed by atoms with E-state index in [9.17, 15) is 4.79 Å². The van der Waals surface area contributed by atoms with Crippen LogP contribution in [0.15, 0.2) is 23.3 Å². The second kappa shape index (κ2) is 8.14. The predicted octanol–water partition coefficient (Wildman–Crippen LogP) is 4.18. The fraction of sp³-hybridized carbons (Fsp3) is 0.579. The van der Waals surface area contributed by atoms with Gasteiger partial charge in [0, 0.05) is 5.71 Å². The van der Waals surface area contributed by atoms with Crippen molar-refractivity contribution >= 4 is 11.6 Å². The Morgan fingerprint density at radius 2 is 2.17 bits per heavy atom. The maximum atomic E-state index is 12.0. The van der Waals surface area contributed by atoms with Crippen LogP contribution in [0.5, 0.6) is 5.75 Å². The maximum Gasteiger partial charge on any atom is 0.277 e. The molecule has 1 aromatic carbocycles. The summed E-state index contributed by atoms with van der Waals surface area (Å²) in [6, 6.07) is 6.12. The monoisotopic (exact) mass is 316 g/mol. The molecule has 23 heavy (non-hydrogen) atoms. The molecule has 0 unspecified atom stereocenters. The van der Waals surface area contributed by atoms with E-state index in [0.29, 0.717) is 11.8 Å². The van der Waals surface area contributed by atoms with Crippen LogP contribution in [0.1, 0.15) is 63.5 Å². The van der Waals surface area contributed by atoms with E-state index >= 15 is 0 Å². The number of nitrogens with one attached hydrogen (secondary N) is 1. The minimum Gasteiger partial charge on any atom is -0.483 e. The van der Waals surface area contributed by atoms with Gasteiger partial charge in [-0.25, -0.2) is 5.43 Å². The SMILES string of the molecule is Cc1ccc(C(C)C)c(OCC(=O)N/N=C2/CCCC[C@@H]2C)c1. The smallest absolute Gasteiger partial charge is 0.277 e. The largest absolute Gasteiger partial charge is 0.483 e. The zero-order valence-corrected chi connectivity index (χ0v) is 14.7. The Morgan fingerprint density at radius 3 is 2.87 bits per heavy atom. The van der Waals surface area contributed by atoms with E-state index in [1.807, 2.05) is 13.0 Å². The lowest BCUT2D eigenvalue weighted by molar-refractivity contribution is -0.123. The van der Waals surface area contributed by atoms with Gasteiger partial charge in [0.2, 0.25) is 0 Å². The molecule has 1 amide bonds. The number of ether oxygens (including phenoxy) is 1. The minimum absolute atomic E-state index is 0.00562. The summed E-state index contributed by atoms with van der Waals surface area (Å²) in [4.78, 5) is 12.0. The van der Waals surface area contributed by atoms with Crippen LogP contribution in [0.2, 0.25) is 0 Å². The van der Waals surface area contributed by atoms with Crippen LogP contribution >= 0.6 is 0 Å². The van der Waals surface area contributed by atoms with Crippen LogP contribution in [0.4, 0.5) is 0 Å². The number of carbonyl (C=O) groups excluding carboxylic acids is 1. The summed E-state index contributed by atoms with van der Waals surface area (Å²) in [7, 11) is 0. The van der Waals surface area contributed by atoms with Crippen molar-refractivity contribution in [1.82, 2.24) is 5.43 Å². The number of carbonyl (C=O) groups is 1. The molecule has 1 fully saturated rings. The summed E-state index contributed by atoms with van der Waals surface area (Å²) >= 11 is 0. The number of nitrogens with zero attached hydrogens (tertiary/aromatic N) is 1. The first kappa shape index (κ1) is 17.5. The quantitative estimate of drug-likeness (QED) is 0.829. The maximum absolute atomic E-state index is 12.0. The van der Waals surface area contributed by atoms with Gasteiger partial charge in [-0.05, 0) is 55.2 Å². The topological polar surface area (TPSA) is 50.7 Å². The fourth-order valence-corrected chi connectivity index (χ4v) is 2.89. The molecule has 0 aliphatic heterocycles. The zero-order chi connectivity index (χ0) is 16.8. The van der Waals surface area contributed by atoms with Crippen LogP contribution < -0.4 is 10.2 Å². The van der Waals surface area contributed by atoms with Gasteiger partial charge in [-0.1, -0.05) is 39.3 Å². The normalized spacial score (nSPS) is 19.9. The van der Waals surface area contributed by atoms with Crippen LogP contribution in [-0.2, 0) is 4.79 Å². The van der Waals surface area contributed by atoms with Crippen molar-refractivity contribution in [2.45, 2.75) is 59.3 Å². The number of benzene rings is 1. The standard InChI is InChI=1S/C19H28N2O2/c1-13(2)16-10-9-14(3)11-18(16)23-12-19(22)21-20-17-8-6-5-7-15(17)4/h9-11,13,15H,5-8,12H2,1-4H3,(H,21,22)/b20-17-/t15-/m0/s1. The van der Waals surface area contributed by atoms with Crippen molar-refractivity contribution in [1.29, 1.82) is 0 Å². The van der Waals surface area contributed by atoms with Crippen molar-refractivity contribution in [3.8, 4) is 5.75 Å². The lowest BCUT2D eigenvalue weighted by Crippen LogP contribution is -2.28. The zero-order valence-electron chi connectivity index (χ0n) is 14.7. The highest BCUT2D eigenvalue weighted by Gasteiger charge is 2.16. The fourth-order valence-electron chi connectivity index (χ4n) is 2.89. The number of rotatable bonds is 5. The third kappa shape index (κ3) is 5.08. The number of hydrogen-bond acceptors (Lipinski definition) is 3. The van der Waals surface area contributed by atoms with Gasteiger partial charge in [-0.2, -0.15) is 5.10 Å². The van der Waals surface area contributed by atoms with Crippen LogP contribution in [0.25, 0.3) is 0 Å². The van der Waals surface area contributed by atoms with Gasteiger partial charge in [-0.3, -0.25) is 4.79 Å². The highest BCUT2D eigenvalue weighted by molar-refractivity contribution is 5.88. The Kier molecular flexibility index (Phi) is 6.20. The van der Waals surface area contributed by atoms with Gasteiger partial charge in [0.05, 0.1) is 0 Å². The third-order valence-corrected chi connectivity index (χ3v) is 4.36. The van der Waals surface area contributed by atoms with Crippen molar-refractivity contribution in [3.63, 3.8) is 0 Å². The molecular weight excluding hydrogens is 288 g/mol. The van der Waals surface area contributed by atoms with Crippen molar-refractivity contribution in [3.05, 3.63) is 29.3 Å². The first-order chi connectivity index (χ1) is 11.0. The van der Waals surface area contributed by atoms with Crippen LogP contribution in [0.3, 0.4) is 0 Å². The number of aryl methyl sites for hydroxylation is 1. The van der Waals surface area contributed by atoms with E-state index in [4.69, 9.17) is 4.74 Å². The molecular formula is C19H28N2O2. The van der Waals surface area contributed by atoms with E-state index < -0.39 is 0 Å². The molecule has 126 valence electrons. The lowest BCUT2D eigenvalue weighted by Gasteiger charge is -2.20. The summed E-state index contributed by atoms with van der Waals surface area (Å²) in [5, 5.41) is 4.29. The predicted molar refractivity (Wildman–Crippen MR) is 94.0 cm³/mol. The molecule has 0 aromatic heterocycles. The summed E-state index contributed by atoms with van der Waals surface area (Å²) in [5.74, 6) is 1.41. The summed E-state index contributed by atoms with van der Waals surface area (Å²) in [6.45, 7) is 8.42. The second-order valence-corrected chi connectivity index (χ2v) is 6.77. The van der Waals surface area contributed by atoms with Crippen LogP contribution in [0, 0.1) is 12.8 Å².